The van der Waals surface area contributed by atoms with E-state index in [-0.39, 0.29) is 33.8 Å². The molecule has 9 heteroatoms. The maximum atomic E-state index is 13.4. The molecule has 0 atom stereocenters. The summed E-state index contributed by atoms with van der Waals surface area (Å²) in [7, 11) is 0. The normalized spacial score (nSPS) is 10.9. The van der Waals surface area contributed by atoms with Gasteiger partial charge < -0.3 is 9.63 Å². The molecule has 0 aliphatic carbocycles. The van der Waals surface area contributed by atoms with Gasteiger partial charge in [-0.15, -0.1) is 0 Å². The van der Waals surface area contributed by atoms with Gasteiger partial charge in [0, 0.05) is 23.3 Å². The van der Waals surface area contributed by atoms with E-state index >= 15 is 0 Å². The zero-order valence-corrected chi connectivity index (χ0v) is 12.4. The number of benzene rings is 2. The first kappa shape index (κ1) is 16.7. The Balaban J connectivity index is 2.14. The van der Waals surface area contributed by atoms with Gasteiger partial charge in [0.05, 0.1) is 17.1 Å². The second kappa shape index (κ2) is 6.36. The maximum Gasteiger partial charge on any atom is 0.270 e. The molecule has 1 heterocycles. The quantitative estimate of drug-likeness (QED) is 0.439. The van der Waals surface area contributed by atoms with Crippen LogP contribution in [0.5, 0.6) is 0 Å². The Labute approximate surface area is 138 Å². The van der Waals surface area contributed by atoms with Gasteiger partial charge in [-0.2, -0.15) is 0 Å². The third-order valence-corrected chi connectivity index (χ3v) is 3.52. The number of aromatic nitrogens is 1. The number of hydrogen-bond donors (Lipinski definition) is 1. The average Bonchev–Trinajstić information content (AvgIpc) is 3.03. The first-order valence-corrected chi connectivity index (χ1v) is 6.91. The Morgan fingerprint density at radius 1 is 1.12 bits per heavy atom. The molecule has 0 radical (unpaired) electrons. The van der Waals surface area contributed by atoms with Crippen LogP contribution in [-0.2, 0) is 6.61 Å². The van der Waals surface area contributed by atoms with Gasteiger partial charge in [-0.1, -0.05) is 17.3 Å². The Bertz CT molecular complexity index is 949. The van der Waals surface area contributed by atoms with Crippen LogP contribution in [0.1, 0.15) is 5.56 Å². The van der Waals surface area contributed by atoms with Crippen LogP contribution in [0, 0.1) is 27.6 Å². The van der Waals surface area contributed by atoms with Crippen molar-refractivity contribution in [3.8, 4) is 22.6 Å². The highest BCUT2D eigenvalue weighted by Gasteiger charge is 2.22. The molecule has 0 fully saturated rings. The molecule has 0 aliphatic rings. The minimum absolute atomic E-state index is 0.00587. The lowest BCUT2D eigenvalue weighted by molar-refractivity contribution is -0.384. The van der Waals surface area contributed by atoms with E-state index in [2.05, 4.69) is 5.16 Å². The molecule has 0 amide bonds. The molecule has 3 aromatic rings. The van der Waals surface area contributed by atoms with Crippen molar-refractivity contribution < 1.29 is 27.7 Å². The van der Waals surface area contributed by atoms with E-state index in [1.807, 2.05) is 0 Å². The Morgan fingerprint density at radius 2 is 1.80 bits per heavy atom. The summed E-state index contributed by atoms with van der Waals surface area (Å²) in [6.45, 7) is -0.614. The number of nitro groups is 1. The number of non-ortho nitro benzene ring substituents is 1. The molecule has 128 valence electrons. The first-order chi connectivity index (χ1) is 11.9. The molecule has 2 aromatic carbocycles. The van der Waals surface area contributed by atoms with E-state index in [0.29, 0.717) is 12.1 Å². The monoisotopic (exact) mass is 350 g/mol. The molecular formula is C16H9F3N2O4. The van der Waals surface area contributed by atoms with Crippen molar-refractivity contribution in [3.63, 3.8) is 0 Å². The summed E-state index contributed by atoms with van der Waals surface area (Å²) in [6.07, 6.45) is 0. The van der Waals surface area contributed by atoms with E-state index in [4.69, 9.17) is 4.52 Å². The highest BCUT2D eigenvalue weighted by atomic mass is 19.2. The van der Waals surface area contributed by atoms with Gasteiger partial charge in [0.1, 0.15) is 5.69 Å². The summed E-state index contributed by atoms with van der Waals surface area (Å²) in [5.41, 5.74) is -0.133. The van der Waals surface area contributed by atoms with Gasteiger partial charge in [0.25, 0.3) is 5.69 Å². The SMILES string of the molecule is O=[N+]([O-])c1cccc(-c2onc(-c3cc(F)c(F)c(F)c3)c2CO)c1. The molecule has 0 unspecified atom stereocenters. The lowest BCUT2D eigenvalue weighted by Gasteiger charge is -2.03. The number of nitro benzene ring substituents is 1. The second-order valence-corrected chi connectivity index (χ2v) is 5.06. The topological polar surface area (TPSA) is 89.4 Å². The summed E-state index contributed by atoms with van der Waals surface area (Å²) >= 11 is 0. The summed E-state index contributed by atoms with van der Waals surface area (Å²) in [5, 5.41) is 24.1. The van der Waals surface area contributed by atoms with Crippen LogP contribution in [0.4, 0.5) is 18.9 Å². The number of aliphatic hydroxyl groups is 1. The predicted molar refractivity (Wildman–Crippen MR) is 79.8 cm³/mol. The number of aliphatic hydroxyl groups excluding tert-OH is 1. The van der Waals surface area contributed by atoms with Crippen molar-refractivity contribution in [2.75, 3.05) is 0 Å². The molecule has 0 saturated carbocycles. The third kappa shape index (κ3) is 2.96. The molecule has 3 rings (SSSR count). The molecule has 0 bridgehead atoms. The lowest BCUT2D eigenvalue weighted by atomic mass is 10.0. The minimum Gasteiger partial charge on any atom is -0.391 e. The third-order valence-electron chi connectivity index (χ3n) is 3.52. The van der Waals surface area contributed by atoms with Crippen LogP contribution in [0.3, 0.4) is 0 Å². The molecule has 0 spiro atoms. The fourth-order valence-corrected chi connectivity index (χ4v) is 2.36. The molecule has 0 aliphatic heterocycles. The first-order valence-electron chi connectivity index (χ1n) is 6.91. The summed E-state index contributed by atoms with van der Waals surface area (Å²) in [5.74, 6) is -4.46. The van der Waals surface area contributed by atoms with Crippen LogP contribution >= 0.6 is 0 Å². The van der Waals surface area contributed by atoms with Crippen molar-refractivity contribution >= 4 is 5.69 Å². The largest absolute Gasteiger partial charge is 0.391 e. The van der Waals surface area contributed by atoms with Gasteiger partial charge in [-0.05, 0) is 12.1 Å². The van der Waals surface area contributed by atoms with Gasteiger partial charge in [-0.25, -0.2) is 13.2 Å². The van der Waals surface area contributed by atoms with Crippen LogP contribution in [-0.4, -0.2) is 15.2 Å². The number of nitrogens with zero attached hydrogens (tertiary/aromatic N) is 2. The van der Waals surface area contributed by atoms with Crippen LogP contribution < -0.4 is 0 Å². The zero-order valence-electron chi connectivity index (χ0n) is 12.4. The molecule has 25 heavy (non-hydrogen) atoms. The highest BCUT2D eigenvalue weighted by Crippen LogP contribution is 2.34. The van der Waals surface area contributed by atoms with Crippen LogP contribution in [0.15, 0.2) is 40.9 Å². The van der Waals surface area contributed by atoms with Gasteiger partial charge in [0.2, 0.25) is 0 Å². The summed E-state index contributed by atoms with van der Waals surface area (Å²) < 4.78 is 45.0. The fraction of sp³-hybridized carbons (Fsp3) is 0.0625. The Kier molecular flexibility index (Phi) is 4.24. The average molecular weight is 350 g/mol. The smallest absolute Gasteiger partial charge is 0.270 e. The highest BCUT2D eigenvalue weighted by molar-refractivity contribution is 5.73. The van der Waals surface area contributed by atoms with Crippen LogP contribution in [0.2, 0.25) is 0 Å². The van der Waals surface area contributed by atoms with E-state index in [9.17, 15) is 28.4 Å². The molecule has 1 N–H and O–H groups in total. The van der Waals surface area contributed by atoms with E-state index < -0.39 is 29.0 Å². The zero-order chi connectivity index (χ0) is 18.1. The molecular weight excluding hydrogens is 341 g/mol. The van der Waals surface area contributed by atoms with Crippen molar-refractivity contribution in [2.45, 2.75) is 6.61 Å². The Morgan fingerprint density at radius 3 is 2.40 bits per heavy atom. The molecule has 1 aromatic heterocycles. The van der Waals surface area contributed by atoms with Crippen molar-refractivity contribution in [3.05, 3.63) is 69.5 Å². The number of halogens is 3. The van der Waals surface area contributed by atoms with Gasteiger partial charge in [-0.3, -0.25) is 10.1 Å². The van der Waals surface area contributed by atoms with Crippen molar-refractivity contribution in [2.24, 2.45) is 0 Å². The minimum atomic E-state index is -1.63. The predicted octanol–water partition coefficient (Wildman–Crippen LogP) is 3.83. The van der Waals surface area contributed by atoms with Crippen LogP contribution in [0.25, 0.3) is 22.6 Å². The number of hydrogen-bond acceptors (Lipinski definition) is 5. The second-order valence-electron chi connectivity index (χ2n) is 5.06. The lowest BCUT2D eigenvalue weighted by Crippen LogP contribution is -1.95. The standard InChI is InChI=1S/C16H9F3N2O4/c17-12-5-9(6-13(18)14(12)19)15-11(7-22)16(25-20-15)8-2-1-3-10(4-8)21(23)24/h1-6,22H,7H2. The summed E-state index contributed by atoms with van der Waals surface area (Å²) in [6, 6.07) is 6.80. The molecule has 6 nitrogen and oxygen atoms in total. The van der Waals surface area contributed by atoms with Crippen molar-refractivity contribution in [1.29, 1.82) is 0 Å². The fourth-order valence-electron chi connectivity index (χ4n) is 2.36. The van der Waals surface area contributed by atoms with Gasteiger partial charge >= 0.3 is 0 Å². The van der Waals surface area contributed by atoms with E-state index in [1.165, 1.54) is 24.3 Å². The number of rotatable bonds is 4. The van der Waals surface area contributed by atoms with Gasteiger partial charge in [0.15, 0.2) is 23.2 Å². The van der Waals surface area contributed by atoms with E-state index in [1.54, 1.807) is 0 Å². The van der Waals surface area contributed by atoms with Crippen molar-refractivity contribution in [1.82, 2.24) is 5.16 Å². The van der Waals surface area contributed by atoms with E-state index in [0.717, 1.165) is 0 Å². The Hall–Kier alpha value is -3.20. The summed E-state index contributed by atoms with van der Waals surface area (Å²) in [4.78, 5) is 10.3. The maximum absolute atomic E-state index is 13.4. The molecule has 0 saturated heterocycles.